The topological polar surface area (TPSA) is 464 Å². The number of thiol groups is 1. The summed E-state index contributed by atoms with van der Waals surface area (Å²) in [6.45, 7) is 5.20. The zero-order valence-electron chi connectivity index (χ0n) is 40.9. The van der Waals surface area contributed by atoms with Crippen LogP contribution < -0.4 is 65.5 Å². The number of carboxylic acids is 2. The van der Waals surface area contributed by atoms with Gasteiger partial charge in [0.05, 0.1) is 17.9 Å². The van der Waals surface area contributed by atoms with Gasteiger partial charge in [0.2, 0.25) is 47.3 Å². The van der Waals surface area contributed by atoms with Gasteiger partial charge in [-0.2, -0.15) is 12.6 Å². The molecule has 0 spiro atoms. The highest BCUT2D eigenvalue weighted by Gasteiger charge is 2.33. The normalized spacial score (nSPS) is 14.7. The summed E-state index contributed by atoms with van der Waals surface area (Å²) in [5.41, 5.74) is 23.1. The number of amides is 8. The minimum Gasteiger partial charge on any atom is -0.508 e. The van der Waals surface area contributed by atoms with E-state index < -0.39 is 139 Å². The van der Waals surface area contributed by atoms with Crippen LogP contribution in [-0.4, -0.2) is 165 Å². The first-order valence-corrected chi connectivity index (χ1v) is 23.7. The molecule has 1 aromatic carbocycles. The fourth-order valence-electron chi connectivity index (χ4n) is 6.54. The van der Waals surface area contributed by atoms with Gasteiger partial charge in [-0.25, -0.2) is 4.79 Å². The number of nitrogens with two attached hydrogens (primary N) is 4. The molecule has 0 aromatic heterocycles. The number of aliphatic hydroxyl groups is 1. The van der Waals surface area contributed by atoms with Crippen LogP contribution in [0.4, 0.5) is 0 Å². The number of aliphatic imine (C=N–C) groups is 1. The third kappa shape index (κ3) is 24.9. The fraction of sp³-hybridized carbons (Fsp3) is 0.614. The van der Waals surface area contributed by atoms with Crippen molar-refractivity contribution in [3.05, 3.63) is 29.8 Å². The molecule has 1 unspecified atom stereocenters. The van der Waals surface area contributed by atoms with Crippen molar-refractivity contribution >= 4 is 77.8 Å². The van der Waals surface area contributed by atoms with Crippen LogP contribution in [0.1, 0.15) is 84.6 Å². The molecule has 0 aliphatic carbocycles. The molecule has 0 saturated heterocycles. The standard InChI is InChI=1S/C44H73N13O14S/c1-22(2)18-27(46)37(64)56-31(19-25-10-12-26(59)13-11-25)41(68)54-28(8-5-6-16-45)38(65)51-23(3)35(62)50-20-33(72)42(69)55-29(9-7-17-49-44(47)48)39(66)52-24(4)36(63)53-30(14-15-34(60)61)40(67)57-32(21-58)43(70)71/h10-13,22-24,27-33,58-59,72H,5-9,14-21,45-46H2,1-4H3,(H,50,62)(H,51,65)(H,52,66)(H,53,63)(H,54,68)(H,55,69)(H,56,64)(H,57,67)(H,60,61)(H,70,71)(H4,47,48,49)/t23-,24-,27-,28-,29-,30-,31-,32-,33?/m0/s1. The molecular formula is C44H73N13O14S. The summed E-state index contributed by atoms with van der Waals surface area (Å²) in [6.07, 6.45) is 0.220. The molecule has 0 radical (unpaired) electrons. The van der Waals surface area contributed by atoms with Crippen LogP contribution in [0.15, 0.2) is 29.3 Å². The first-order chi connectivity index (χ1) is 33.8. The third-order valence-corrected chi connectivity index (χ3v) is 11.0. The summed E-state index contributed by atoms with van der Waals surface area (Å²) in [4.78, 5) is 133. The zero-order valence-corrected chi connectivity index (χ0v) is 41.7. The Balaban J connectivity index is 3.12. The number of hydrogen-bond acceptors (Lipinski definition) is 16. The summed E-state index contributed by atoms with van der Waals surface area (Å²) < 4.78 is 0. The van der Waals surface area contributed by atoms with Crippen molar-refractivity contribution in [3.63, 3.8) is 0 Å². The van der Waals surface area contributed by atoms with E-state index in [4.69, 9.17) is 28.0 Å². The molecule has 0 aliphatic heterocycles. The SMILES string of the molecule is CC(C)C[C@H](N)C(=O)N[C@@H](Cc1ccc(O)cc1)C(=O)N[C@@H](CCCCN)C(=O)N[C@@H](C)C(=O)NCC(S)C(=O)N[C@@H](CCCN=C(N)N)C(=O)N[C@@H](C)C(=O)N[C@@H](CCC(=O)O)C(=O)N[C@@H](CO)C(=O)O. The average Bonchev–Trinajstić information content (AvgIpc) is 3.31. The molecule has 0 heterocycles. The summed E-state index contributed by atoms with van der Waals surface area (Å²) in [5.74, 6) is -9.85. The van der Waals surface area contributed by atoms with Gasteiger partial charge in [-0.3, -0.25) is 48.1 Å². The van der Waals surface area contributed by atoms with Crippen molar-refractivity contribution in [3.8, 4) is 5.75 Å². The van der Waals surface area contributed by atoms with Crippen molar-refractivity contribution in [2.45, 2.75) is 139 Å². The number of hydrogen-bond donors (Lipinski definition) is 17. The van der Waals surface area contributed by atoms with Crippen molar-refractivity contribution in [2.24, 2.45) is 33.8 Å². The predicted molar refractivity (Wildman–Crippen MR) is 264 cm³/mol. The van der Waals surface area contributed by atoms with Crippen molar-refractivity contribution in [2.75, 3.05) is 26.2 Å². The minimum absolute atomic E-state index is 0.0136. The van der Waals surface area contributed by atoms with E-state index in [0.717, 1.165) is 0 Å². The maximum Gasteiger partial charge on any atom is 0.328 e. The van der Waals surface area contributed by atoms with Crippen LogP contribution in [0.2, 0.25) is 0 Å². The maximum absolute atomic E-state index is 13.8. The van der Waals surface area contributed by atoms with Crippen molar-refractivity contribution in [1.82, 2.24) is 42.5 Å². The smallest absolute Gasteiger partial charge is 0.328 e. The van der Waals surface area contributed by atoms with Gasteiger partial charge >= 0.3 is 11.9 Å². The molecule has 0 bridgehead atoms. The van der Waals surface area contributed by atoms with Crippen LogP contribution in [0.3, 0.4) is 0 Å². The van der Waals surface area contributed by atoms with E-state index in [1.807, 2.05) is 19.2 Å². The Hall–Kier alpha value is -6.78. The van der Waals surface area contributed by atoms with E-state index in [2.05, 4.69) is 54.8 Å². The van der Waals surface area contributed by atoms with E-state index in [1.165, 1.54) is 26.0 Å². The Bertz CT molecular complexity index is 2030. The molecule has 0 aliphatic rings. The number of aliphatic hydroxyl groups excluding tert-OH is 1. The molecular weight excluding hydrogens is 967 g/mol. The largest absolute Gasteiger partial charge is 0.508 e. The molecule has 72 heavy (non-hydrogen) atoms. The van der Waals surface area contributed by atoms with Crippen molar-refractivity contribution in [1.29, 1.82) is 0 Å². The van der Waals surface area contributed by atoms with Gasteiger partial charge in [-0.05, 0) is 89.0 Å². The molecule has 404 valence electrons. The van der Waals surface area contributed by atoms with E-state index in [0.29, 0.717) is 24.8 Å². The van der Waals surface area contributed by atoms with E-state index in [-0.39, 0.29) is 56.4 Å². The number of phenols is 1. The highest BCUT2D eigenvalue weighted by Crippen LogP contribution is 2.13. The Kier molecular flexibility index (Phi) is 29.0. The second-order valence-electron chi connectivity index (χ2n) is 17.3. The molecule has 27 nitrogen and oxygen atoms in total. The lowest BCUT2D eigenvalue weighted by atomic mass is 10.0. The van der Waals surface area contributed by atoms with Crippen LogP contribution in [-0.2, 0) is 54.4 Å². The number of aliphatic carboxylic acids is 2. The Labute approximate surface area is 422 Å². The lowest BCUT2D eigenvalue weighted by Crippen LogP contribution is -2.58. The summed E-state index contributed by atoms with van der Waals surface area (Å²) in [5, 5.41) is 55.5. The second kappa shape index (κ2) is 33.0. The molecule has 28 heteroatoms. The van der Waals surface area contributed by atoms with Gasteiger partial charge < -0.3 is 85.9 Å². The predicted octanol–water partition coefficient (Wildman–Crippen LogP) is -4.72. The number of carbonyl (C=O) groups is 10. The quantitative estimate of drug-likeness (QED) is 0.0133. The monoisotopic (exact) mass is 1040 g/mol. The average molecular weight is 1040 g/mol. The molecule has 1 rings (SSSR count). The molecule has 0 fully saturated rings. The number of guanidine groups is 1. The van der Waals surface area contributed by atoms with E-state index in [1.54, 1.807) is 12.1 Å². The second-order valence-corrected chi connectivity index (χ2v) is 17.9. The molecule has 20 N–H and O–H groups in total. The molecule has 0 saturated carbocycles. The first kappa shape index (κ1) is 63.2. The summed E-state index contributed by atoms with van der Waals surface area (Å²) >= 11 is 4.28. The first-order valence-electron chi connectivity index (χ1n) is 23.2. The minimum atomic E-state index is -1.77. The Morgan fingerprint density at radius 2 is 1.11 bits per heavy atom. The molecule has 8 amide bonds. The number of rotatable bonds is 34. The number of nitrogens with zero attached hydrogens (tertiary/aromatic N) is 1. The number of nitrogens with one attached hydrogen (secondary N) is 8. The van der Waals surface area contributed by atoms with Gasteiger partial charge in [-0.1, -0.05) is 26.0 Å². The molecule has 9 atom stereocenters. The lowest BCUT2D eigenvalue weighted by Gasteiger charge is -2.26. The van der Waals surface area contributed by atoms with Gasteiger partial charge in [0.25, 0.3) is 0 Å². The fourth-order valence-corrected chi connectivity index (χ4v) is 6.70. The van der Waals surface area contributed by atoms with Crippen LogP contribution >= 0.6 is 12.6 Å². The molecule has 1 aromatic rings. The van der Waals surface area contributed by atoms with Gasteiger partial charge in [0.1, 0.15) is 48.0 Å². The highest BCUT2D eigenvalue weighted by atomic mass is 32.1. The zero-order chi connectivity index (χ0) is 54.7. The number of unbranched alkanes of at least 4 members (excludes halogenated alkanes) is 1. The highest BCUT2D eigenvalue weighted by molar-refractivity contribution is 7.81. The van der Waals surface area contributed by atoms with Crippen LogP contribution in [0.25, 0.3) is 0 Å². The maximum atomic E-state index is 13.8. The Morgan fingerprint density at radius 3 is 1.64 bits per heavy atom. The van der Waals surface area contributed by atoms with Gasteiger partial charge in [0.15, 0.2) is 5.96 Å². The third-order valence-electron chi connectivity index (χ3n) is 10.6. The van der Waals surface area contributed by atoms with Crippen LogP contribution in [0.5, 0.6) is 5.75 Å². The van der Waals surface area contributed by atoms with Crippen LogP contribution in [0, 0.1) is 5.92 Å². The number of benzene rings is 1. The van der Waals surface area contributed by atoms with Gasteiger partial charge in [0, 0.05) is 25.9 Å². The summed E-state index contributed by atoms with van der Waals surface area (Å²) in [6, 6.07) is -4.74. The van der Waals surface area contributed by atoms with Crippen molar-refractivity contribution < 1.29 is 68.4 Å². The van der Waals surface area contributed by atoms with E-state index in [9.17, 15) is 63.3 Å². The number of carboxylic acid groups (broad SMARTS) is 2. The number of carbonyl (C=O) groups excluding carboxylic acids is 8. The number of phenolic OH excluding ortho intramolecular Hbond substituents is 1. The number of aromatic hydroxyl groups is 1. The Morgan fingerprint density at radius 1 is 0.625 bits per heavy atom. The summed E-state index contributed by atoms with van der Waals surface area (Å²) in [7, 11) is 0. The van der Waals surface area contributed by atoms with Gasteiger partial charge in [-0.15, -0.1) is 0 Å². The lowest BCUT2D eigenvalue weighted by molar-refractivity contribution is -0.144. The van der Waals surface area contributed by atoms with E-state index >= 15 is 0 Å².